The van der Waals surface area contributed by atoms with Gasteiger partial charge in [0.2, 0.25) is 10.0 Å². The summed E-state index contributed by atoms with van der Waals surface area (Å²) in [6, 6.07) is 10.3. The molecule has 0 aromatic heterocycles. The molecule has 0 spiro atoms. The lowest BCUT2D eigenvalue weighted by atomic mass is 10.1. The van der Waals surface area contributed by atoms with Gasteiger partial charge in [0.15, 0.2) is 0 Å². The lowest BCUT2D eigenvalue weighted by Crippen LogP contribution is -2.25. The Kier molecular flexibility index (Phi) is 6.78. The van der Waals surface area contributed by atoms with Crippen LogP contribution in [-0.2, 0) is 16.4 Å². The van der Waals surface area contributed by atoms with E-state index in [2.05, 4.69) is 4.72 Å². The van der Waals surface area contributed by atoms with Crippen molar-refractivity contribution in [3.05, 3.63) is 57.0 Å². The molecule has 0 aliphatic carbocycles. The molecule has 2 aromatic rings. The molecule has 0 amide bonds. The van der Waals surface area contributed by atoms with Gasteiger partial charge in [-0.1, -0.05) is 46.9 Å². The summed E-state index contributed by atoms with van der Waals surface area (Å²) in [5, 5.41) is 0.690. The fourth-order valence-electron chi connectivity index (χ4n) is 2.11. The molecule has 24 heavy (non-hydrogen) atoms. The topological polar surface area (TPSA) is 55.4 Å². The van der Waals surface area contributed by atoms with Gasteiger partial charge in [0.25, 0.3) is 0 Å². The molecule has 0 radical (unpaired) electrons. The summed E-state index contributed by atoms with van der Waals surface area (Å²) in [6.07, 6.45) is 1.37. The highest BCUT2D eigenvalue weighted by atomic mass is 35.5. The van der Waals surface area contributed by atoms with Crippen LogP contribution in [0, 0.1) is 0 Å². The van der Waals surface area contributed by atoms with Gasteiger partial charge >= 0.3 is 0 Å². The molecule has 0 aliphatic rings. The van der Waals surface area contributed by atoms with Gasteiger partial charge in [-0.05, 0) is 42.7 Å². The average Bonchev–Trinajstić information content (AvgIpc) is 2.55. The van der Waals surface area contributed by atoms with Gasteiger partial charge in [0.05, 0.1) is 12.1 Å². The molecule has 0 unspecified atom stereocenters. The number of sulfonamides is 1. The summed E-state index contributed by atoms with van der Waals surface area (Å²) < 4.78 is 32.2. The highest BCUT2D eigenvalue weighted by molar-refractivity contribution is 7.89. The Morgan fingerprint density at radius 2 is 1.67 bits per heavy atom. The van der Waals surface area contributed by atoms with Crippen molar-refractivity contribution in [1.82, 2.24) is 4.72 Å². The summed E-state index contributed by atoms with van der Waals surface area (Å²) in [5.74, 6) is 0.323. The van der Waals surface area contributed by atoms with Gasteiger partial charge in [-0.2, -0.15) is 0 Å². The summed E-state index contributed by atoms with van der Waals surface area (Å²) in [5.41, 5.74) is 1.09. The molecule has 0 atom stereocenters. The number of ether oxygens (including phenoxy) is 1. The lowest BCUT2D eigenvalue weighted by Gasteiger charge is -2.11. The fraction of sp³-hybridized carbons (Fsp3) is 0.250. The second-order valence-corrected chi connectivity index (χ2v) is 7.95. The van der Waals surface area contributed by atoms with Gasteiger partial charge in [0, 0.05) is 11.6 Å². The summed E-state index contributed by atoms with van der Waals surface area (Å²) in [7, 11) is -2.31. The Bertz CT molecular complexity index is 808. The predicted molar refractivity (Wildman–Crippen MR) is 98.0 cm³/mol. The molecule has 0 heterocycles. The van der Waals surface area contributed by atoms with Gasteiger partial charge in [-0.3, -0.25) is 0 Å². The number of halogens is 3. The van der Waals surface area contributed by atoms with Gasteiger partial charge in [-0.25, -0.2) is 13.1 Å². The number of nitrogens with one attached hydrogen (secondary N) is 1. The van der Waals surface area contributed by atoms with Crippen molar-refractivity contribution in [3.63, 3.8) is 0 Å². The van der Waals surface area contributed by atoms with E-state index in [0.29, 0.717) is 17.2 Å². The Balaban J connectivity index is 1.99. The largest absolute Gasteiger partial charge is 0.495 e. The van der Waals surface area contributed by atoms with E-state index in [1.165, 1.54) is 19.2 Å². The molecule has 2 aromatic carbocycles. The number of methoxy groups -OCH3 is 1. The van der Waals surface area contributed by atoms with Gasteiger partial charge in [-0.15, -0.1) is 0 Å². The predicted octanol–water partition coefficient (Wildman–Crippen LogP) is 4.57. The third kappa shape index (κ3) is 4.77. The van der Waals surface area contributed by atoms with Gasteiger partial charge < -0.3 is 4.74 Å². The summed E-state index contributed by atoms with van der Waals surface area (Å²) in [4.78, 5) is -0.0681. The van der Waals surface area contributed by atoms with Crippen LogP contribution in [0.25, 0.3) is 0 Å². The molecule has 130 valence electrons. The first-order chi connectivity index (χ1) is 11.3. The van der Waals surface area contributed by atoms with Crippen LogP contribution in [0.4, 0.5) is 0 Å². The smallest absolute Gasteiger partial charge is 0.242 e. The fourth-order valence-corrected chi connectivity index (χ4v) is 4.15. The van der Waals surface area contributed by atoms with Crippen LogP contribution in [0.15, 0.2) is 41.3 Å². The number of aryl methyl sites for hydroxylation is 1. The Labute approximate surface area is 156 Å². The Morgan fingerprint density at radius 3 is 2.29 bits per heavy atom. The van der Waals surface area contributed by atoms with Crippen molar-refractivity contribution in [1.29, 1.82) is 0 Å². The van der Waals surface area contributed by atoms with E-state index >= 15 is 0 Å². The van der Waals surface area contributed by atoms with E-state index in [0.717, 1.165) is 12.0 Å². The van der Waals surface area contributed by atoms with E-state index in [1.807, 2.05) is 12.1 Å². The summed E-state index contributed by atoms with van der Waals surface area (Å²) in [6.45, 7) is 0.283. The summed E-state index contributed by atoms with van der Waals surface area (Å²) >= 11 is 17.9. The molecule has 0 saturated carbocycles. The maximum atomic E-state index is 12.3. The minimum Gasteiger partial charge on any atom is -0.495 e. The molecular formula is C16H16Cl3NO3S. The normalized spacial score (nSPS) is 11.5. The second kappa shape index (κ2) is 8.41. The monoisotopic (exact) mass is 407 g/mol. The number of hydrogen-bond donors (Lipinski definition) is 1. The number of rotatable bonds is 7. The van der Waals surface area contributed by atoms with Crippen LogP contribution >= 0.6 is 34.8 Å². The lowest BCUT2D eigenvalue weighted by molar-refractivity contribution is 0.414. The maximum Gasteiger partial charge on any atom is 0.242 e. The zero-order chi connectivity index (χ0) is 17.7. The molecule has 0 aliphatic heterocycles. The average molecular weight is 409 g/mol. The van der Waals surface area contributed by atoms with Crippen LogP contribution < -0.4 is 9.46 Å². The zero-order valence-electron chi connectivity index (χ0n) is 12.9. The maximum absolute atomic E-state index is 12.3. The molecule has 4 nitrogen and oxygen atoms in total. The molecule has 8 heteroatoms. The van der Waals surface area contributed by atoms with Crippen molar-refractivity contribution >= 4 is 44.8 Å². The number of benzene rings is 2. The zero-order valence-corrected chi connectivity index (χ0v) is 15.9. The highest BCUT2D eigenvalue weighted by Gasteiger charge is 2.21. The van der Waals surface area contributed by atoms with Crippen LogP contribution in [0.1, 0.15) is 12.0 Å². The Morgan fingerprint density at radius 1 is 1.00 bits per heavy atom. The Hall–Kier alpha value is -0.980. The van der Waals surface area contributed by atoms with Crippen LogP contribution in [0.3, 0.4) is 0 Å². The van der Waals surface area contributed by atoms with Crippen molar-refractivity contribution in [2.24, 2.45) is 0 Å². The molecule has 0 bridgehead atoms. The SMILES string of the molecule is COc1ccc(S(=O)(=O)NCCCc2ccc(Cl)cc2)c(Cl)c1Cl. The molecule has 2 rings (SSSR count). The first-order valence-corrected chi connectivity index (χ1v) is 9.73. The van der Waals surface area contributed by atoms with E-state index in [4.69, 9.17) is 39.5 Å². The second-order valence-electron chi connectivity index (χ2n) is 5.02. The first kappa shape index (κ1) is 19.3. The minimum atomic E-state index is -3.74. The molecule has 0 saturated heterocycles. The standard InChI is InChI=1S/C16H16Cl3NO3S/c1-23-13-8-9-14(16(19)15(13)18)24(21,22)20-10-2-3-11-4-6-12(17)7-5-11/h4-9,20H,2-3,10H2,1H3. The van der Waals surface area contributed by atoms with Crippen LogP contribution in [0.2, 0.25) is 15.1 Å². The van der Waals surface area contributed by atoms with Crippen molar-refractivity contribution in [3.8, 4) is 5.75 Å². The molecular weight excluding hydrogens is 393 g/mol. The third-order valence-electron chi connectivity index (χ3n) is 3.37. The van der Waals surface area contributed by atoms with Gasteiger partial charge in [0.1, 0.15) is 15.7 Å². The first-order valence-electron chi connectivity index (χ1n) is 7.11. The molecule has 1 N–H and O–H groups in total. The number of hydrogen-bond acceptors (Lipinski definition) is 3. The van der Waals surface area contributed by atoms with Crippen LogP contribution in [0.5, 0.6) is 5.75 Å². The van der Waals surface area contributed by atoms with Crippen LogP contribution in [-0.4, -0.2) is 22.1 Å². The molecule has 0 fully saturated rings. The quantitative estimate of drug-likeness (QED) is 0.683. The van der Waals surface area contributed by atoms with E-state index in [-0.39, 0.29) is 21.5 Å². The minimum absolute atomic E-state index is 0.0544. The van der Waals surface area contributed by atoms with E-state index < -0.39 is 10.0 Å². The van der Waals surface area contributed by atoms with E-state index in [9.17, 15) is 8.42 Å². The highest BCUT2D eigenvalue weighted by Crippen LogP contribution is 2.36. The third-order valence-corrected chi connectivity index (χ3v) is 6.10. The van der Waals surface area contributed by atoms with E-state index in [1.54, 1.807) is 12.1 Å². The van der Waals surface area contributed by atoms with Crippen molar-refractivity contribution < 1.29 is 13.2 Å². The van der Waals surface area contributed by atoms with Crippen molar-refractivity contribution in [2.75, 3.05) is 13.7 Å². The van der Waals surface area contributed by atoms with Crippen molar-refractivity contribution in [2.45, 2.75) is 17.7 Å².